The molecule has 0 aromatic carbocycles. The maximum Gasteiger partial charge on any atom is 0.673 e. The molecule has 0 rings (SSSR count). The Labute approximate surface area is 58.7 Å². The van der Waals surface area contributed by atoms with Crippen molar-refractivity contribution in [3.8, 4) is 0 Å². The molecule has 10 heavy (non-hydrogen) atoms. The summed E-state index contributed by atoms with van der Waals surface area (Å²) in [5, 5.41) is 0. The molecule has 0 saturated heterocycles. The van der Waals surface area contributed by atoms with Crippen LogP contribution in [-0.2, 0) is 0 Å². The van der Waals surface area contributed by atoms with Crippen LogP contribution >= 0.6 is 0 Å². The number of halogens is 4. The van der Waals surface area contributed by atoms with E-state index in [-0.39, 0.29) is 0 Å². The van der Waals surface area contributed by atoms with Gasteiger partial charge in [-0.1, -0.05) is 26.7 Å². The van der Waals surface area contributed by atoms with E-state index in [0.717, 1.165) is 0 Å². The van der Waals surface area contributed by atoms with Crippen molar-refractivity contribution in [3.05, 3.63) is 6.42 Å². The quantitative estimate of drug-likeness (QED) is 0.427. The van der Waals surface area contributed by atoms with Gasteiger partial charge in [0, 0.05) is 0 Å². The van der Waals surface area contributed by atoms with Gasteiger partial charge in [0.2, 0.25) is 0 Å². The minimum atomic E-state index is -6.00. The van der Waals surface area contributed by atoms with Crippen molar-refractivity contribution in [2.24, 2.45) is 0 Å². The molecule has 0 aliphatic rings. The molecule has 0 nitrogen and oxygen atoms in total. The number of hydrogen-bond donors (Lipinski definition) is 0. The average Bonchev–Trinajstić information content (AvgIpc) is 1.63. The highest BCUT2D eigenvalue weighted by Gasteiger charge is 2.20. The summed E-state index contributed by atoms with van der Waals surface area (Å²) < 4.78 is 39.0. The Bertz CT molecular complexity index is 53.2. The van der Waals surface area contributed by atoms with Crippen LogP contribution in [0.2, 0.25) is 0 Å². The van der Waals surface area contributed by atoms with Crippen LogP contribution in [0.15, 0.2) is 0 Å². The van der Waals surface area contributed by atoms with Gasteiger partial charge < -0.3 is 17.3 Å². The lowest BCUT2D eigenvalue weighted by atomic mass is 10.3. The molecule has 0 fully saturated rings. The zero-order valence-corrected chi connectivity index (χ0v) is 6.08. The third kappa shape index (κ3) is 112. The largest absolute Gasteiger partial charge is 0.673 e. The fourth-order valence-electron chi connectivity index (χ4n) is 0.289. The molecular formula is C5H11BF4-. The predicted octanol–water partition coefficient (Wildman–Crippen LogP) is 3.31. The smallest absolute Gasteiger partial charge is 0.418 e. The topological polar surface area (TPSA) is 0 Å². The fourth-order valence-corrected chi connectivity index (χ4v) is 0.289. The first-order chi connectivity index (χ1) is 4.41. The number of unbranched alkanes of at least 4 members (excludes halogenated alkanes) is 2. The molecule has 0 amide bonds. The maximum atomic E-state index is 9.75. The summed E-state index contributed by atoms with van der Waals surface area (Å²) in [7, 11) is -6.00. The second kappa shape index (κ2) is 6.90. The van der Waals surface area contributed by atoms with Gasteiger partial charge in [0.15, 0.2) is 0 Å². The van der Waals surface area contributed by atoms with E-state index in [0.29, 0.717) is 0 Å². The van der Waals surface area contributed by atoms with Gasteiger partial charge >= 0.3 is 7.25 Å². The first-order valence-corrected chi connectivity index (χ1v) is 3.07. The monoisotopic (exact) mass is 158 g/mol. The van der Waals surface area contributed by atoms with Crippen LogP contribution in [0.5, 0.6) is 0 Å². The van der Waals surface area contributed by atoms with E-state index in [1.54, 1.807) is 0 Å². The predicted molar refractivity (Wildman–Crippen MR) is 35.1 cm³/mol. The Morgan fingerprint density at radius 2 is 1.50 bits per heavy atom. The van der Waals surface area contributed by atoms with Crippen LogP contribution in [0.3, 0.4) is 0 Å². The summed E-state index contributed by atoms with van der Waals surface area (Å²) in [6, 6.07) is 0. The minimum absolute atomic E-state index is 1.26. The van der Waals surface area contributed by atoms with E-state index in [1.165, 1.54) is 12.8 Å². The molecule has 0 spiro atoms. The van der Waals surface area contributed by atoms with Crippen LogP contribution in [0.4, 0.5) is 17.3 Å². The van der Waals surface area contributed by atoms with Gasteiger partial charge in [-0.2, -0.15) is 0 Å². The molecule has 0 saturated carbocycles. The zero-order valence-electron chi connectivity index (χ0n) is 6.08. The van der Waals surface area contributed by atoms with Crippen molar-refractivity contribution in [2.45, 2.75) is 26.7 Å². The summed E-state index contributed by atoms with van der Waals surface area (Å²) in [4.78, 5) is 0. The molecule has 0 bridgehead atoms. The van der Waals surface area contributed by atoms with Crippen LogP contribution in [0, 0.1) is 6.42 Å². The summed E-state index contributed by atoms with van der Waals surface area (Å²) in [6.07, 6.45) is 4.73. The Morgan fingerprint density at radius 3 is 1.50 bits per heavy atom. The van der Waals surface area contributed by atoms with Crippen LogP contribution in [0.25, 0.3) is 0 Å². The Kier molecular flexibility index (Phi) is 8.60. The first kappa shape index (κ1) is 12.5. The van der Waals surface area contributed by atoms with Crippen molar-refractivity contribution in [1.82, 2.24) is 0 Å². The zero-order chi connectivity index (χ0) is 8.62. The Balaban J connectivity index is 0. The highest BCUT2D eigenvalue weighted by molar-refractivity contribution is 6.50. The Morgan fingerprint density at radius 1 is 1.20 bits per heavy atom. The van der Waals surface area contributed by atoms with E-state index in [2.05, 4.69) is 20.3 Å². The van der Waals surface area contributed by atoms with Gasteiger partial charge in [0.1, 0.15) is 0 Å². The summed E-state index contributed by atoms with van der Waals surface area (Å²) in [5.41, 5.74) is 0. The third-order valence-electron chi connectivity index (χ3n) is 0.577. The molecule has 0 atom stereocenters. The van der Waals surface area contributed by atoms with Crippen molar-refractivity contribution >= 4 is 7.25 Å². The molecule has 1 radical (unpaired) electrons. The Hall–Kier alpha value is -0.215. The van der Waals surface area contributed by atoms with E-state index in [4.69, 9.17) is 0 Å². The second-order valence-electron chi connectivity index (χ2n) is 1.69. The minimum Gasteiger partial charge on any atom is -0.418 e. The third-order valence-corrected chi connectivity index (χ3v) is 0.577. The highest BCUT2D eigenvalue weighted by Crippen LogP contribution is 2.06. The number of hydrogen-bond acceptors (Lipinski definition) is 0. The molecule has 0 aliphatic heterocycles. The average molecular weight is 158 g/mol. The van der Waals surface area contributed by atoms with Crippen LogP contribution in [0.1, 0.15) is 26.7 Å². The lowest BCUT2D eigenvalue weighted by Gasteiger charge is -1.94. The molecule has 0 aromatic rings. The number of rotatable bonds is 2. The van der Waals surface area contributed by atoms with Gasteiger partial charge in [0.05, 0.1) is 0 Å². The van der Waals surface area contributed by atoms with E-state index >= 15 is 0 Å². The van der Waals surface area contributed by atoms with Crippen LogP contribution in [-0.4, -0.2) is 7.25 Å². The molecular weight excluding hydrogens is 147 g/mol. The van der Waals surface area contributed by atoms with Crippen molar-refractivity contribution in [2.75, 3.05) is 0 Å². The molecule has 0 N–H and O–H groups in total. The van der Waals surface area contributed by atoms with E-state index in [9.17, 15) is 17.3 Å². The fraction of sp³-hybridized carbons (Fsp3) is 0.800. The summed E-state index contributed by atoms with van der Waals surface area (Å²) in [6.45, 7) is 4.27. The normalized spacial score (nSPS) is 10.2. The van der Waals surface area contributed by atoms with Crippen molar-refractivity contribution in [1.29, 1.82) is 0 Å². The second-order valence-corrected chi connectivity index (χ2v) is 1.69. The van der Waals surface area contributed by atoms with Gasteiger partial charge in [-0.3, -0.25) is 0 Å². The van der Waals surface area contributed by atoms with E-state index < -0.39 is 7.25 Å². The maximum absolute atomic E-state index is 9.75. The molecule has 0 unspecified atom stereocenters. The molecule has 63 valence electrons. The lowest BCUT2D eigenvalue weighted by molar-refractivity contribution is 0.368. The lowest BCUT2D eigenvalue weighted by Crippen LogP contribution is -2.02. The summed E-state index contributed by atoms with van der Waals surface area (Å²) in [5.74, 6) is 0. The van der Waals surface area contributed by atoms with Crippen LogP contribution < -0.4 is 0 Å². The molecule has 0 aromatic heterocycles. The van der Waals surface area contributed by atoms with Gasteiger partial charge in [-0.05, 0) is 6.42 Å². The first-order valence-electron chi connectivity index (χ1n) is 3.07. The molecule has 0 aliphatic carbocycles. The van der Waals surface area contributed by atoms with Gasteiger partial charge in [0.25, 0.3) is 0 Å². The van der Waals surface area contributed by atoms with E-state index in [1.807, 2.05) is 0 Å². The SMILES string of the molecule is C[CH]CCC.F[B-](F)(F)F. The van der Waals surface area contributed by atoms with Crippen molar-refractivity contribution < 1.29 is 17.3 Å². The van der Waals surface area contributed by atoms with Gasteiger partial charge in [-0.25, -0.2) is 0 Å². The standard InChI is InChI=1S/C5H11.BF4/c1-3-5-4-2;2-1(3,4)5/h3H,4-5H2,1-2H3;/q;-1. The molecule has 0 heterocycles. The molecule has 5 heteroatoms. The van der Waals surface area contributed by atoms with Crippen molar-refractivity contribution in [3.63, 3.8) is 0 Å². The summed E-state index contributed by atoms with van der Waals surface area (Å²) >= 11 is 0. The highest BCUT2D eigenvalue weighted by atomic mass is 19.5. The van der Waals surface area contributed by atoms with Gasteiger partial charge in [-0.15, -0.1) is 0 Å².